The second kappa shape index (κ2) is 4.28. The van der Waals surface area contributed by atoms with Crippen LogP contribution in [0.4, 0.5) is 0 Å². The molecule has 1 aliphatic carbocycles. The molecule has 0 unspecified atom stereocenters. The highest BCUT2D eigenvalue weighted by Gasteiger charge is 2.44. The van der Waals surface area contributed by atoms with Crippen molar-refractivity contribution in [1.29, 1.82) is 0 Å². The van der Waals surface area contributed by atoms with E-state index >= 15 is 0 Å². The van der Waals surface area contributed by atoms with Crippen LogP contribution in [0.2, 0.25) is 0 Å². The highest BCUT2D eigenvalue weighted by atomic mass is 16.4. The van der Waals surface area contributed by atoms with Crippen molar-refractivity contribution in [2.24, 2.45) is 5.41 Å². The number of benzene rings is 1. The maximum Gasteiger partial charge on any atom is 0.309 e. The number of aliphatic carboxylic acids is 1. The van der Waals surface area contributed by atoms with Crippen molar-refractivity contribution < 1.29 is 9.90 Å². The van der Waals surface area contributed by atoms with E-state index in [1.807, 2.05) is 0 Å². The van der Waals surface area contributed by atoms with E-state index in [0.717, 1.165) is 31.2 Å². The molecule has 0 heterocycles. The summed E-state index contributed by atoms with van der Waals surface area (Å²) in [6.45, 7) is 2.12. The topological polar surface area (TPSA) is 37.3 Å². The van der Waals surface area contributed by atoms with Crippen LogP contribution in [0.5, 0.6) is 0 Å². The van der Waals surface area contributed by atoms with Gasteiger partial charge in [0.25, 0.3) is 0 Å². The number of rotatable bonds is 4. The van der Waals surface area contributed by atoms with Gasteiger partial charge in [-0.3, -0.25) is 4.79 Å². The molecule has 1 aliphatic rings. The van der Waals surface area contributed by atoms with E-state index < -0.39 is 11.4 Å². The highest BCUT2D eigenvalue weighted by molar-refractivity contribution is 5.76. The van der Waals surface area contributed by atoms with Crippen LogP contribution in [-0.2, 0) is 17.6 Å². The Morgan fingerprint density at radius 1 is 1.25 bits per heavy atom. The third kappa shape index (κ3) is 1.97. The van der Waals surface area contributed by atoms with Crippen LogP contribution in [0.1, 0.15) is 37.3 Å². The lowest BCUT2D eigenvalue weighted by Gasteiger charge is -2.37. The van der Waals surface area contributed by atoms with Gasteiger partial charge in [0.15, 0.2) is 0 Å². The second-order valence-electron chi connectivity index (χ2n) is 4.79. The van der Waals surface area contributed by atoms with Gasteiger partial charge in [-0.25, -0.2) is 0 Å². The Morgan fingerprint density at radius 3 is 2.19 bits per heavy atom. The number of carboxylic acids is 1. The molecular formula is C14H18O2. The SMILES string of the molecule is CCc1ccc(CC2(C(=O)O)CCC2)cc1. The van der Waals surface area contributed by atoms with Gasteiger partial charge in [0.1, 0.15) is 0 Å². The molecule has 0 saturated heterocycles. The molecule has 2 rings (SSSR count). The smallest absolute Gasteiger partial charge is 0.309 e. The van der Waals surface area contributed by atoms with Gasteiger partial charge in [-0.15, -0.1) is 0 Å². The van der Waals surface area contributed by atoms with E-state index in [1.165, 1.54) is 5.56 Å². The van der Waals surface area contributed by atoms with E-state index in [9.17, 15) is 9.90 Å². The number of carboxylic acid groups (broad SMARTS) is 1. The maximum absolute atomic E-state index is 11.2. The molecular weight excluding hydrogens is 200 g/mol. The number of aryl methyl sites for hydroxylation is 1. The zero-order chi connectivity index (χ0) is 11.6. The standard InChI is InChI=1S/C14H18O2/c1-2-11-4-6-12(7-5-11)10-14(13(15)16)8-3-9-14/h4-7H,2-3,8-10H2,1H3,(H,15,16). The fraction of sp³-hybridized carbons (Fsp3) is 0.500. The normalized spacial score (nSPS) is 17.8. The molecule has 0 spiro atoms. The first kappa shape index (κ1) is 11.2. The van der Waals surface area contributed by atoms with E-state index in [2.05, 4.69) is 31.2 Å². The third-order valence-corrected chi connectivity index (χ3v) is 3.74. The van der Waals surface area contributed by atoms with E-state index in [-0.39, 0.29) is 0 Å². The fourth-order valence-electron chi connectivity index (χ4n) is 2.35. The van der Waals surface area contributed by atoms with Crippen molar-refractivity contribution in [1.82, 2.24) is 0 Å². The molecule has 1 aromatic carbocycles. The minimum absolute atomic E-state index is 0.465. The molecule has 0 aromatic heterocycles. The Balaban J connectivity index is 2.10. The molecule has 0 atom stereocenters. The molecule has 1 saturated carbocycles. The highest BCUT2D eigenvalue weighted by Crippen LogP contribution is 2.43. The van der Waals surface area contributed by atoms with Gasteiger partial charge in [0.05, 0.1) is 5.41 Å². The second-order valence-corrected chi connectivity index (χ2v) is 4.79. The number of hydrogen-bond donors (Lipinski definition) is 1. The van der Waals surface area contributed by atoms with Crippen molar-refractivity contribution >= 4 is 5.97 Å². The van der Waals surface area contributed by atoms with Crippen LogP contribution in [0.25, 0.3) is 0 Å². The molecule has 1 N–H and O–H groups in total. The van der Waals surface area contributed by atoms with Crippen molar-refractivity contribution in [3.63, 3.8) is 0 Å². The van der Waals surface area contributed by atoms with Gasteiger partial charge in [0, 0.05) is 0 Å². The van der Waals surface area contributed by atoms with Gasteiger partial charge in [0.2, 0.25) is 0 Å². The predicted molar refractivity (Wildman–Crippen MR) is 63.4 cm³/mol. The van der Waals surface area contributed by atoms with Crippen molar-refractivity contribution in [2.45, 2.75) is 39.0 Å². The molecule has 0 radical (unpaired) electrons. The van der Waals surface area contributed by atoms with E-state index in [0.29, 0.717) is 6.42 Å². The summed E-state index contributed by atoms with van der Waals surface area (Å²) in [4.78, 5) is 11.2. The maximum atomic E-state index is 11.2. The zero-order valence-electron chi connectivity index (χ0n) is 9.70. The van der Waals surface area contributed by atoms with Crippen molar-refractivity contribution in [3.05, 3.63) is 35.4 Å². The number of hydrogen-bond acceptors (Lipinski definition) is 1. The Hall–Kier alpha value is -1.31. The van der Waals surface area contributed by atoms with Gasteiger partial charge in [-0.2, -0.15) is 0 Å². The van der Waals surface area contributed by atoms with Gasteiger partial charge in [-0.1, -0.05) is 37.6 Å². The minimum atomic E-state index is -0.627. The summed E-state index contributed by atoms with van der Waals surface area (Å²) < 4.78 is 0. The third-order valence-electron chi connectivity index (χ3n) is 3.74. The van der Waals surface area contributed by atoms with Gasteiger partial charge < -0.3 is 5.11 Å². The first-order chi connectivity index (χ1) is 7.66. The summed E-state index contributed by atoms with van der Waals surface area (Å²) in [6.07, 6.45) is 4.44. The zero-order valence-corrected chi connectivity index (χ0v) is 9.70. The summed E-state index contributed by atoms with van der Waals surface area (Å²) in [5.41, 5.74) is 1.99. The Morgan fingerprint density at radius 2 is 1.81 bits per heavy atom. The average molecular weight is 218 g/mol. The molecule has 0 amide bonds. The summed E-state index contributed by atoms with van der Waals surface area (Å²) in [7, 11) is 0. The van der Waals surface area contributed by atoms with E-state index in [4.69, 9.17) is 0 Å². The molecule has 2 nitrogen and oxygen atoms in total. The molecule has 1 aromatic rings. The molecule has 16 heavy (non-hydrogen) atoms. The van der Waals surface area contributed by atoms with Crippen LogP contribution >= 0.6 is 0 Å². The molecule has 86 valence electrons. The van der Waals surface area contributed by atoms with Crippen molar-refractivity contribution in [3.8, 4) is 0 Å². The average Bonchev–Trinajstić information content (AvgIpc) is 2.24. The Labute approximate surface area is 96.3 Å². The largest absolute Gasteiger partial charge is 0.481 e. The van der Waals surface area contributed by atoms with Crippen LogP contribution < -0.4 is 0 Å². The van der Waals surface area contributed by atoms with E-state index in [1.54, 1.807) is 0 Å². The Kier molecular flexibility index (Phi) is 2.99. The van der Waals surface area contributed by atoms with Crippen LogP contribution in [0.3, 0.4) is 0 Å². The first-order valence-corrected chi connectivity index (χ1v) is 5.97. The van der Waals surface area contributed by atoms with Gasteiger partial charge in [-0.05, 0) is 36.8 Å². The lowest BCUT2D eigenvalue weighted by molar-refractivity contribution is -0.154. The first-order valence-electron chi connectivity index (χ1n) is 5.97. The quantitative estimate of drug-likeness (QED) is 0.843. The summed E-state index contributed by atoms with van der Waals surface area (Å²) >= 11 is 0. The molecule has 0 aliphatic heterocycles. The monoisotopic (exact) mass is 218 g/mol. The predicted octanol–water partition coefficient (Wildman–Crippen LogP) is 3.05. The van der Waals surface area contributed by atoms with Gasteiger partial charge >= 0.3 is 5.97 Å². The molecule has 1 fully saturated rings. The lowest BCUT2D eigenvalue weighted by atomic mass is 9.65. The lowest BCUT2D eigenvalue weighted by Crippen LogP contribution is -2.39. The van der Waals surface area contributed by atoms with Crippen LogP contribution in [0.15, 0.2) is 24.3 Å². The summed E-state index contributed by atoms with van der Waals surface area (Å²) in [5.74, 6) is -0.627. The summed E-state index contributed by atoms with van der Waals surface area (Å²) in [6, 6.07) is 8.34. The van der Waals surface area contributed by atoms with Crippen molar-refractivity contribution in [2.75, 3.05) is 0 Å². The Bertz CT molecular complexity index is 374. The number of carbonyl (C=O) groups is 1. The minimum Gasteiger partial charge on any atom is -0.481 e. The molecule has 0 bridgehead atoms. The molecule has 2 heteroatoms. The summed E-state index contributed by atoms with van der Waals surface area (Å²) in [5, 5.41) is 9.25. The van der Waals surface area contributed by atoms with Crippen LogP contribution in [0, 0.1) is 5.41 Å². The van der Waals surface area contributed by atoms with Crippen LogP contribution in [-0.4, -0.2) is 11.1 Å². The fourth-order valence-corrected chi connectivity index (χ4v) is 2.35.